The Kier molecular flexibility index (Phi) is 3.72. The molecule has 76 valence electrons. The highest BCUT2D eigenvalue weighted by atomic mass is 16.5. The van der Waals surface area contributed by atoms with Crippen molar-refractivity contribution in [3.05, 3.63) is 0 Å². The number of methoxy groups -OCH3 is 1. The van der Waals surface area contributed by atoms with Crippen LogP contribution in [0.1, 0.15) is 33.1 Å². The fraction of sp³-hybridized carbons (Fsp3) is 0.900. The van der Waals surface area contributed by atoms with Crippen LogP contribution in [0.4, 0.5) is 0 Å². The second-order valence-corrected chi connectivity index (χ2v) is 3.84. The first kappa shape index (κ1) is 10.5. The van der Waals surface area contributed by atoms with Gasteiger partial charge in [-0.05, 0) is 32.6 Å². The summed E-state index contributed by atoms with van der Waals surface area (Å²) in [6.45, 7) is 3.99. The van der Waals surface area contributed by atoms with Gasteiger partial charge in [-0.3, -0.25) is 4.79 Å². The lowest BCUT2D eigenvalue weighted by Gasteiger charge is -2.18. The van der Waals surface area contributed by atoms with Crippen LogP contribution in [0, 0.1) is 5.92 Å². The van der Waals surface area contributed by atoms with E-state index in [4.69, 9.17) is 4.74 Å². The predicted octanol–water partition coefficient (Wildman–Crippen LogP) is 1.75. The van der Waals surface area contributed by atoms with Gasteiger partial charge in [-0.1, -0.05) is 0 Å². The third-order valence-corrected chi connectivity index (χ3v) is 2.19. The summed E-state index contributed by atoms with van der Waals surface area (Å²) in [5.41, 5.74) is 0. The highest BCUT2D eigenvalue weighted by Gasteiger charge is 2.34. The van der Waals surface area contributed by atoms with Crippen molar-refractivity contribution in [1.29, 1.82) is 0 Å². The molecule has 1 atom stereocenters. The average Bonchev–Trinajstić information content (AvgIpc) is 2.84. The Bertz CT molecular complexity index is 173. The Labute approximate surface area is 79.4 Å². The molecule has 0 aromatic heterocycles. The van der Waals surface area contributed by atoms with Crippen LogP contribution >= 0.6 is 0 Å². The molecule has 0 saturated heterocycles. The molecule has 1 unspecified atom stereocenters. The Balaban J connectivity index is 2.33. The van der Waals surface area contributed by atoms with Gasteiger partial charge >= 0.3 is 5.97 Å². The lowest BCUT2D eigenvalue weighted by atomic mass is 10.1. The van der Waals surface area contributed by atoms with Gasteiger partial charge in [-0.2, -0.15) is 0 Å². The van der Waals surface area contributed by atoms with E-state index in [-0.39, 0.29) is 18.2 Å². The molecular weight excluding hydrogens is 168 g/mol. The van der Waals surface area contributed by atoms with Gasteiger partial charge in [0, 0.05) is 0 Å². The van der Waals surface area contributed by atoms with Gasteiger partial charge in [0.05, 0.1) is 25.7 Å². The van der Waals surface area contributed by atoms with E-state index in [0.717, 1.165) is 0 Å². The van der Waals surface area contributed by atoms with Gasteiger partial charge < -0.3 is 9.47 Å². The number of hydrogen-bond donors (Lipinski definition) is 0. The van der Waals surface area contributed by atoms with Gasteiger partial charge in [0.1, 0.15) is 0 Å². The number of carbonyl (C=O) groups is 1. The quantitative estimate of drug-likeness (QED) is 0.614. The van der Waals surface area contributed by atoms with Gasteiger partial charge in [-0.15, -0.1) is 0 Å². The summed E-state index contributed by atoms with van der Waals surface area (Å²) < 4.78 is 10.3. The summed E-state index contributed by atoms with van der Waals surface area (Å²) in [7, 11) is 1.42. The molecule has 1 rings (SSSR count). The third-order valence-electron chi connectivity index (χ3n) is 2.19. The maximum absolute atomic E-state index is 11.0. The van der Waals surface area contributed by atoms with Crippen LogP contribution < -0.4 is 0 Å². The summed E-state index contributed by atoms with van der Waals surface area (Å²) in [5, 5.41) is 0. The van der Waals surface area contributed by atoms with Crippen molar-refractivity contribution in [2.45, 2.75) is 45.3 Å². The van der Waals surface area contributed by atoms with E-state index in [9.17, 15) is 4.79 Å². The molecule has 0 bridgehead atoms. The topological polar surface area (TPSA) is 35.5 Å². The molecular formula is C10H18O3. The molecule has 0 aliphatic heterocycles. The van der Waals surface area contributed by atoms with Crippen LogP contribution in [0.3, 0.4) is 0 Å². The Morgan fingerprint density at radius 2 is 2.08 bits per heavy atom. The van der Waals surface area contributed by atoms with E-state index in [1.54, 1.807) is 0 Å². The van der Waals surface area contributed by atoms with Crippen LogP contribution in [0.15, 0.2) is 0 Å². The number of rotatable bonds is 5. The molecule has 3 nitrogen and oxygen atoms in total. The highest BCUT2D eigenvalue weighted by Crippen LogP contribution is 2.36. The molecule has 0 N–H and O–H groups in total. The summed E-state index contributed by atoms with van der Waals surface area (Å²) in [6, 6.07) is 0. The Hall–Kier alpha value is -0.570. The number of hydrogen-bond acceptors (Lipinski definition) is 3. The molecule has 0 heterocycles. The molecule has 0 aromatic rings. The Morgan fingerprint density at radius 3 is 2.46 bits per heavy atom. The molecule has 0 radical (unpaired) electrons. The van der Waals surface area contributed by atoms with Crippen molar-refractivity contribution in [3.63, 3.8) is 0 Å². The fourth-order valence-corrected chi connectivity index (χ4v) is 1.39. The smallest absolute Gasteiger partial charge is 0.308 e. The number of esters is 1. The van der Waals surface area contributed by atoms with Gasteiger partial charge in [0.15, 0.2) is 0 Å². The minimum atomic E-state index is -0.169. The van der Waals surface area contributed by atoms with Crippen molar-refractivity contribution in [1.82, 2.24) is 0 Å². The molecule has 3 heteroatoms. The van der Waals surface area contributed by atoms with Crippen molar-refractivity contribution >= 4 is 5.97 Å². The van der Waals surface area contributed by atoms with E-state index in [1.807, 2.05) is 13.8 Å². The predicted molar refractivity (Wildman–Crippen MR) is 49.4 cm³/mol. The van der Waals surface area contributed by atoms with E-state index in [2.05, 4.69) is 4.74 Å². The molecule has 0 aromatic carbocycles. The minimum absolute atomic E-state index is 0.0763. The largest absolute Gasteiger partial charge is 0.469 e. The van der Waals surface area contributed by atoms with Gasteiger partial charge in [0.25, 0.3) is 0 Å². The second-order valence-electron chi connectivity index (χ2n) is 3.84. The SMILES string of the molecule is COC(=O)CC(OC(C)C)C1CC1. The molecule has 0 amide bonds. The van der Waals surface area contributed by atoms with Crippen LogP contribution in [0.25, 0.3) is 0 Å². The van der Waals surface area contributed by atoms with Crippen molar-refractivity contribution in [3.8, 4) is 0 Å². The van der Waals surface area contributed by atoms with Crippen molar-refractivity contribution < 1.29 is 14.3 Å². The summed E-state index contributed by atoms with van der Waals surface area (Å²) >= 11 is 0. The molecule has 1 aliphatic carbocycles. The maximum Gasteiger partial charge on any atom is 0.308 e. The second kappa shape index (κ2) is 4.61. The third kappa shape index (κ3) is 3.77. The van der Waals surface area contributed by atoms with Crippen LogP contribution in [-0.4, -0.2) is 25.3 Å². The van der Waals surface area contributed by atoms with E-state index in [0.29, 0.717) is 12.3 Å². The van der Waals surface area contributed by atoms with Crippen LogP contribution in [-0.2, 0) is 14.3 Å². The minimum Gasteiger partial charge on any atom is -0.469 e. The molecule has 1 aliphatic rings. The molecule has 1 fully saturated rings. The highest BCUT2D eigenvalue weighted by molar-refractivity contribution is 5.69. The van der Waals surface area contributed by atoms with E-state index in [1.165, 1.54) is 20.0 Å². The number of ether oxygens (including phenoxy) is 2. The number of carbonyl (C=O) groups excluding carboxylic acids is 1. The summed E-state index contributed by atoms with van der Waals surface area (Å²) in [4.78, 5) is 11.0. The Morgan fingerprint density at radius 1 is 1.46 bits per heavy atom. The first-order valence-corrected chi connectivity index (χ1v) is 4.85. The molecule has 13 heavy (non-hydrogen) atoms. The van der Waals surface area contributed by atoms with E-state index < -0.39 is 0 Å². The first-order chi connectivity index (χ1) is 6.13. The lowest BCUT2D eigenvalue weighted by molar-refractivity contribution is -0.145. The van der Waals surface area contributed by atoms with Crippen molar-refractivity contribution in [2.24, 2.45) is 5.92 Å². The average molecular weight is 186 g/mol. The zero-order chi connectivity index (χ0) is 9.84. The maximum atomic E-state index is 11.0. The van der Waals surface area contributed by atoms with Crippen LogP contribution in [0.2, 0.25) is 0 Å². The first-order valence-electron chi connectivity index (χ1n) is 4.85. The van der Waals surface area contributed by atoms with Crippen LogP contribution in [0.5, 0.6) is 0 Å². The lowest BCUT2D eigenvalue weighted by Crippen LogP contribution is -2.24. The normalized spacial score (nSPS) is 18.8. The molecule has 0 spiro atoms. The standard InChI is InChI=1S/C10H18O3/c1-7(2)13-9(8-4-5-8)6-10(11)12-3/h7-9H,4-6H2,1-3H3. The zero-order valence-corrected chi connectivity index (χ0v) is 8.58. The fourth-order valence-electron chi connectivity index (χ4n) is 1.39. The zero-order valence-electron chi connectivity index (χ0n) is 8.58. The van der Waals surface area contributed by atoms with E-state index >= 15 is 0 Å². The molecule has 1 saturated carbocycles. The van der Waals surface area contributed by atoms with Gasteiger partial charge in [-0.25, -0.2) is 0 Å². The summed E-state index contributed by atoms with van der Waals surface area (Å²) in [6.07, 6.45) is 3.05. The van der Waals surface area contributed by atoms with Gasteiger partial charge in [0.2, 0.25) is 0 Å². The monoisotopic (exact) mass is 186 g/mol. The van der Waals surface area contributed by atoms with Crippen molar-refractivity contribution in [2.75, 3.05) is 7.11 Å². The summed E-state index contributed by atoms with van der Waals surface area (Å²) in [5.74, 6) is 0.416.